The van der Waals surface area contributed by atoms with Gasteiger partial charge in [0.25, 0.3) is 0 Å². The first kappa shape index (κ1) is 72.4. The van der Waals surface area contributed by atoms with Crippen molar-refractivity contribution >= 4 is 85.6 Å². The number of aryl methyl sites for hydroxylation is 2. The van der Waals surface area contributed by atoms with Gasteiger partial charge in [-0.15, -0.1) is 0 Å². The Kier molecular flexibility index (Phi) is 23.8. The molecule has 0 bridgehead atoms. The van der Waals surface area contributed by atoms with Gasteiger partial charge in [0.2, 0.25) is 12.4 Å². The number of methoxy groups -OCH3 is 2. The lowest BCUT2D eigenvalue weighted by atomic mass is 9.91. The van der Waals surface area contributed by atoms with Crippen molar-refractivity contribution < 1.29 is 114 Å². The molecule has 512 valence electrons. The molecule has 0 saturated carbocycles. The van der Waals surface area contributed by atoms with Crippen LogP contribution in [0.3, 0.4) is 0 Å². The number of halogens is 1. The molecule has 4 aromatic carbocycles. The van der Waals surface area contributed by atoms with Gasteiger partial charge in [-0.25, -0.2) is 0 Å². The van der Waals surface area contributed by atoms with E-state index in [2.05, 4.69) is 15.9 Å². The molecule has 0 radical (unpaired) electrons. The molecule has 26 nitrogen and oxygen atoms in total. The Bertz CT molecular complexity index is 4320. The Hall–Kier alpha value is -10.4. The van der Waals surface area contributed by atoms with Gasteiger partial charge < -0.3 is 75.5 Å². The Morgan fingerprint density at radius 1 is 0.423 bits per heavy atom. The number of rotatable bonds is 16. The van der Waals surface area contributed by atoms with Gasteiger partial charge in [-0.3, -0.25) is 47.9 Å². The maximum absolute atomic E-state index is 12.3. The van der Waals surface area contributed by atoms with E-state index in [0.717, 1.165) is 84.7 Å². The third-order valence-corrected chi connectivity index (χ3v) is 15.6. The highest BCUT2D eigenvalue weighted by molar-refractivity contribution is 9.09. The number of esters is 8. The van der Waals surface area contributed by atoms with Crippen LogP contribution in [0.4, 0.5) is 0 Å². The number of hydrogen-bond donors (Lipinski definition) is 1. The predicted octanol–water partition coefficient (Wildman–Crippen LogP) is 9.40. The number of carbonyl (C=O) groups is 8. The zero-order valence-corrected chi connectivity index (χ0v) is 56.2. The Labute approximate surface area is 562 Å². The zero-order chi connectivity index (χ0) is 70.7. The van der Waals surface area contributed by atoms with E-state index in [9.17, 15) is 53.1 Å². The zero-order valence-electron chi connectivity index (χ0n) is 54.6. The summed E-state index contributed by atoms with van der Waals surface area (Å²) in [6, 6.07) is 30.9. The number of alkyl halides is 1. The molecule has 0 amide bonds. The van der Waals surface area contributed by atoms with Crippen molar-refractivity contribution in [1.82, 2.24) is 0 Å². The van der Waals surface area contributed by atoms with E-state index in [1.165, 1.54) is 45.0 Å². The molecule has 0 spiro atoms. The normalized spacial score (nSPS) is 20.3. The van der Waals surface area contributed by atoms with Crippen LogP contribution in [0, 0.1) is 13.8 Å². The average Bonchev–Trinajstić information content (AvgIpc) is 0.764. The van der Waals surface area contributed by atoms with Crippen molar-refractivity contribution in [2.75, 3.05) is 27.4 Å². The summed E-state index contributed by atoms with van der Waals surface area (Å²) in [6.45, 7) is 12.6. The first-order chi connectivity index (χ1) is 46.0. The lowest BCUT2D eigenvalue weighted by Crippen LogP contribution is -2.63. The summed E-state index contributed by atoms with van der Waals surface area (Å²) in [5.74, 6) is -2.83. The minimum Gasteiger partial charge on any atom is -0.508 e. The average molecular weight is 1410 g/mol. The molecule has 4 aromatic rings. The number of ether oxygens (including phenoxy) is 13. The number of fused-ring (bicyclic) bond motifs is 4. The van der Waals surface area contributed by atoms with Crippen molar-refractivity contribution in [2.45, 2.75) is 129 Å². The summed E-state index contributed by atoms with van der Waals surface area (Å²) in [6.07, 6.45) is -11.0. The lowest BCUT2D eigenvalue weighted by Gasteiger charge is -2.43. The Balaban J connectivity index is 0.000000206. The molecule has 2 saturated heterocycles. The number of phenols is 1. The van der Waals surface area contributed by atoms with Gasteiger partial charge in [-0.1, -0.05) is 28.1 Å². The molecular formula is C70H69BrO26. The van der Waals surface area contributed by atoms with Crippen LogP contribution in [0.5, 0.6) is 23.0 Å². The molecule has 27 heteroatoms. The second-order valence-electron chi connectivity index (χ2n) is 22.2. The molecule has 1 N–H and O–H groups in total. The molecule has 4 unspecified atom stereocenters. The molecular weight excluding hydrogens is 1340 g/mol. The van der Waals surface area contributed by atoms with Crippen molar-refractivity contribution in [2.24, 2.45) is 0 Å². The topological polar surface area (TPSA) is 337 Å². The largest absolute Gasteiger partial charge is 0.508 e. The molecule has 97 heavy (non-hydrogen) atoms. The summed E-state index contributed by atoms with van der Waals surface area (Å²) < 4.78 is 82.5. The van der Waals surface area contributed by atoms with Crippen LogP contribution in [0.2, 0.25) is 0 Å². The van der Waals surface area contributed by atoms with Gasteiger partial charge in [0.05, 0.1) is 14.2 Å². The van der Waals surface area contributed by atoms with Crippen LogP contribution in [0.15, 0.2) is 128 Å². The first-order valence-electron chi connectivity index (χ1n) is 29.9. The van der Waals surface area contributed by atoms with E-state index in [4.69, 9.17) is 70.4 Å². The fourth-order valence-corrected chi connectivity index (χ4v) is 11.7. The van der Waals surface area contributed by atoms with Gasteiger partial charge in [0.15, 0.2) is 46.4 Å². The molecule has 10 rings (SSSR count). The monoisotopic (exact) mass is 1400 g/mol. The van der Waals surface area contributed by atoms with Gasteiger partial charge in [0, 0.05) is 113 Å². The van der Waals surface area contributed by atoms with Crippen molar-refractivity contribution in [3.63, 3.8) is 0 Å². The fourth-order valence-electron chi connectivity index (χ4n) is 11.0. The van der Waals surface area contributed by atoms with E-state index in [-0.39, 0.29) is 29.0 Å². The van der Waals surface area contributed by atoms with Crippen LogP contribution in [0.25, 0.3) is 66.8 Å². The highest BCUT2D eigenvalue weighted by Crippen LogP contribution is 2.45. The third-order valence-electron chi connectivity index (χ3n) is 14.9. The number of carbonyl (C=O) groups excluding carboxylic acids is 8. The summed E-state index contributed by atoms with van der Waals surface area (Å²) in [4.78, 5) is 117. The van der Waals surface area contributed by atoms with E-state index in [1.54, 1.807) is 56.7 Å². The van der Waals surface area contributed by atoms with Crippen LogP contribution >= 0.6 is 15.9 Å². The van der Waals surface area contributed by atoms with Crippen molar-refractivity contribution in [3.05, 3.63) is 141 Å². The second kappa shape index (κ2) is 31.9. The smallest absolute Gasteiger partial charge is 0.303 e. The van der Waals surface area contributed by atoms with Crippen LogP contribution in [-0.2, 0) is 85.7 Å². The molecule has 10 atom stereocenters. The number of aromatic hydroxyl groups is 1. The molecule has 4 aliphatic heterocycles. The van der Waals surface area contributed by atoms with E-state index in [0.29, 0.717) is 39.4 Å². The van der Waals surface area contributed by atoms with Crippen molar-refractivity contribution in [3.8, 4) is 67.9 Å². The number of hydrogen-bond acceptors (Lipinski definition) is 26. The van der Waals surface area contributed by atoms with Gasteiger partial charge in [-0.2, -0.15) is 0 Å². The quantitative estimate of drug-likeness (QED) is 0.0407. The predicted molar refractivity (Wildman–Crippen MR) is 347 cm³/mol. The fraction of sp³-hybridized carbons (Fsp3) is 0.343. The van der Waals surface area contributed by atoms with E-state index < -0.39 is 114 Å². The molecule has 0 aromatic heterocycles. The lowest BCUT2D eigenvalue weighted by molar-refractivity contribution is -0.288. The summed E-state index contributed by atoms with van der Waals surface area (Å²) in [5, 5.41) is 10.5. The summed E-state index contributed by atoms with van der Waals surface area (Å²) >= 11 is 3.18. The summed E-state index contributed by atoms with van der Waals surface area (Å²) in [7, 11) is 3.22. The minimum atomic E-state index is -1.44. The van der Waals surface area contributed by atoms with E-state index >= 15 is 0 Å². The van der Waals surface area contributed by atoms with Crippen LogP contribution < -0.4 is 25.1 Å². The van der Waals surface area contributed by atoms with Crippen molar-refractivity contribution in [1.29, 1.82) is 0 Å². The van der Waals surface area contributed by atoms with Crippen LogP contribution in [0.1, 0.15) is 66.5 Å². The Morgan fingerprint density at radius 3 is 1.24 bits per heavy atom. The number of phenolic OH excluding ortho intramolecular Hbond substituents is 1. The molecule has 2 fully saturated rings. The molecule has 4 heterocycles. The second-order valence-corrected chi connectivity index (χ2v) is 23.1. The molecule has 2 aliphatic carbocycles. The maximum Gasteiger partial charge on any atom is 0.303 e. The van der Waals surface area contributed by atoms with Gasteiger partial charge >= 0.3 is 47.8 Å². The Morgan fingerprint density at radius 2 is 0.804 bits per heavy atom. The van der Waals surface area contributed by atoms with E-state index in [1.807, 2.05) is 56.3 Å². The highest BCUT2D eigenvalue weighted by Gasteiger charge is 2.54. The first-order valence-corrected chi connectivity index (χ1v) is 30.9. The summed E-state index contributed by atoms with van der Waals surface area (Å²) in [5.41, 5.74) is 7.74. The SMILES string of the molecule is CC(=O)OCC1O[C@H](Br)C(OC(C)=O)[C@@H](OC(C)=O)[C@H]1OC(C)=O.COc1ccc(-c2c3ccc(=O)cc-3oc3cc(O)ccc23)c(C)c1.COc1ccc(-c2c3ccc(=O)cc-3oc3cc(O[C@@H]4OC(COC(C)=O)[C@H](OC(C)=O)[C@H](OC(C)=O)C4OC(C)=O)ccc23)c(C)c1. The minimum absolute atomic E-state index is 0.117. The van der Waals surface area contributed by atoms with Gasteiger partial charge in [-0.05, 0) is 109 Å². The third kappa shape index (κ3) is 18.1. The van der Waals surface area contributed by atoms with Gasteiger partial charge in [0.1, 0.15) is 71.1 Å². The van der Waals surface area contributed by atoms with Crippen LogP contribution in [-0.4, -0.2) is 140 Å². The number of benzene rings is 6. The maximum atomic E-state index is 12.3. The highest BCUT2D eigenvalue weighted by atomic mass is 79.9. The molecule has 6 aliphatic rings. The standard InChI is InChI=1S/C35H34O13.C21H16O4.C14H19BrO9/c1-17-13-23(41-6)8-11-25(17)31-26-10-7-22(40)14-28(26)47-29-15-24(9-12-27(29)31)46-35-34(45-21(5)39)33(44-20(4)38)32(43-19(3)37)30(48-35)16-42-18(2)36;1-12-9-15(24-2)5-8-16(12)21-17-6-3-13(22)10-19(17)25-20-11-14(23)4-7-18(20)21;1-6(16)20-5-10-11(21-7(2)17)12(22-8(3)18)13(14(15)24-10)23-9(4)19/h7-15,30,32-35H,16H2,1-6H3;3-11,22H,1-2H3;10-14H,5H2,1-4H3/t30?,32-,33-,34?,35+;;10?,11-,12-,13?,14-/m0.0/s1.